The normalized spacial score (nSPS) is 37.0. The van der Waals surface area contributed by atoms with Gasteiger partial charge in [-0.15, -0.1) is 0 Å². The second-order valence-electron chi connectivity index (χ2n) is 6.55. The molecule has 1 aliphatic carbocycles. The maximum Gasteiger partial charge on any atom is 0.225 e. The molecular weight excluding hydrogens is 238 g/mol. The molecule has 0 aromatic carbocycles. The molecule has 1 aliphatic heterocycles. The summed E-state index contributed by atoms with van der Waals surface area (Å²) in [5.41, 5.74) is 5.99. The van der Waals surface area contributed by atoms with Crippen LogP contribution in [0.15, 0.2) is 0 Å². The molecule has 4 heteroatoms. The Morgan fingerprint density at radius 3 is 2.84 bits per heavy atom. The first-order valence-electron chi connectivity index (χ1n) is 7.84. The number of carbonyl (C=O) groups is 1. The van der Waals surface area contributed by atoms with Crippen LogP contribution >= 0.6 is 0 Å². The first-order chi connectivity index (χ1) is 9.03. The third-order valence-corrected chi connectivity index (χ3v) is 4.87. The Kier molecular flexibility index (Phi) is 4.85. The number of rotatable bonds is 3. The number of piperidine rings is 1. The van der Waals surface area contributed by atoms with Crippen molar-refractivity contribution in [3.8, 4) is 0 Å². The molecule has 0 bridgehead atoms. The molecule has 2 rings (SSSR count). The van der Waals surface area contributed by atoms with Crippen LogP contribution in [0.5, 0.6) is 0 Å². The van der Waals surface area contributed by atoms with Gasteiger partial charge in [-0.05, 0) is 45.7 Å². The highest BCUT2D eigenvalue weighted by Crippen LogP contribution is 2.31. The van der Waals surface area contributed by atoms with Gasteiger partial charge in [0.05, 0.1) is 5.92 Å². The second kappa shape index (κ2) is 6.23. The molecule has 3 unspecified atom stereocenters. The lowest BCUT2D eigenvalue weighted by Gasteiger charge is -2.39. The topological polar surface area (TPSA) is 58.4 Å². The van der Waals surface area contributed by atoms with E-state index in [0.29, 0.717) is 6.04 Å². The van der Waals surface area contributed by atoms with Crippen LogP contribution in [0.25, 0.3) is 0 Å². The fourth-order valence-corrected chi connectivity index (χ4v) is 3.55. The van der Waals surface area contributed by atoms with Gasteiger partial charge in [-0.2, -0.15) is 0 Å². The highest BCUT2D eigenvalue weighted by molar-refractivity contribution is 5.80. The summed E-state index contributed by atoms with van der Waals surface area (Å²) in [7, 11) is 0. The first-order valence-corrected chi connectivity index (χ1v) is 7.84. The maximum absolute atomic E-state index is 12.5. The van der Waals surface area contributed by atoms with Crippen LogP contribution in [0.1, 0.15) is 52.4 Å². The summed E-state index contributed by atoms with van der Waals surface area (Å²) in [5.74, 6) is 0.186. The molecule has 3 atom stereocenters. The minimum absolute atomic E-state index is 0.00162. The van der Waals surface area contributed by atoms with Crippen LogP contribution in [-0.2, 0) is 4.79 Å². The highest BCUT2D eigenvalue weighted by Gasteiger charge is 2.38. The van der Waals surface area contributed by atoms with Crippen LogP contribution in [0.3, 0.4) is 0 Å². The van der Waals surface area contributed by atoms with Gasteiger partial charge < -0.3 is 16.0 Å². The number of likely N-dealkylation sites (tertiary alicyclic amines) is 1. The molecule has 0 aromatic heterocycles. The van der Waals surface area contributed by atoms with Crippen molar-refractivity contribution in [1.82, 2.24) is 10.2 Å². The molecule has 1 amide bonds. The number of nitrogens with one attached hydrogen (secondary N) is 1. The van der Waals surface area contributed by atoms with Crippen LogP contribution < -0.4 is 11.1 Å². The third-order valence-electron chi connectivity index (χ3n) is 4.87. The van der Waals surface area contributed by atoms with Crippen LogP contribution in [0.4, 0.5) is 0 Å². The van der Waals surface area contributed by atoms with E-state index in [9.17, 15) is 4.79 Å². The summed E-state index contributed by atoms with van der Waals surface area (Å²) in [6.07, 6.45) is 6.50. The van der Waals surface area contributed by atoms with Crippen molar-refractivity contribution in [1.29, 1.82) is 0 Å². The number of nitrogens with zero attached hydrogens (tertiary/aromatic N) is 1. The average Bonchev–Trinajstić information content (AvgIpc) is 2.38. The lowest BCUT2D eigenvalue weighted by atomic mass is 9.74. The van der Waals surface area contributed by atoms with E-state index in [1.54, 1.807) is 0 Å². The molecule has 0 spiro atoms. The molecule has 1 heterocycles. The predicted molar refractivity (Wildman–Crippen MR) is 77.8 cm³/mol. The summed E-state index contributed by atoms with van der Waals surface area (Å²) in [5, 5.41) is 3.25. The van der Waals surface area contributed by atoms with Gasteiger partial charge in [-0.3, -0.25) is 4.79 Å². The van der Waals surface area contributed by atoms with Crippen molar-refractivity contribution in [3.63, 3.8) is 0 Å². The summed E-state index contributed by atoms with van der Waals surface area (Å²) < 4.78 is 0. The van der Waals surface area contributed by atoms with E-state index in [4.69, 9.17) is 5.73 Å². The standard InChI is InChI=1S/C15H29N3O/c1-3-18-10-6-7-12(11-18)17-14(19)13-8-4-5-9-15(13,2)16/h12-13H,3-11,16H2,1-2H3,(H,17,19). The zero-order valence-electron chi connectivity index (χ0n) is 12.5. The molecule has 0 radical (unpaired) electrons. The number of amides is 1. The van der Waals surface area contributed by atoms with Gasteiger partial charge in [0.15, 0.2) is 0 Å². The van der Waals surface area contributed by atoms with Crippen molar-refractivity contribution < 1.29 is 4.79 Å². The van der Waals surface area contributed by atoms with Crippen molar-refractivity contribution in [2.24, 2.45) is 11.7 Å². The van der Waals surface area contributed by atoms with E-state index in [1.165, 1.54) is 13.0 Å². The van der Waals surface area contributed by atoms with Crippen molar-refractivity contribution in [2.75, 3.05) is 19.6 Å². The van der Waals surface area contributed by atoms with Gasteiger partial charge in [0, 0.05) is 18.1 Å². The Labute approximate surface area is 117 Å². The van der Waals surface area contributed by atoms with E-state index in [-0.39, 0.29) is 17.4 Å². The van der Waals surface area contributed by atoms with E-state index in [2.05, 4.69) is 17.1 Å². The lowest BCUT2D eigenvalue weighted by Crippen LogP contribution is -2.56. The molecule has 110 valence electrons. The fourth-order valence-electron chi connectivity index (χ4n) is 3.55. The summed E-state index contributed by atoms with van der Waals surface area (Å²) >= 11 is 0. The van der Waals surface area contributed by atoms with Gasteiger partial charge >= 0.3 is 0 Å². The maximum atomic E-state index is 12.5. The van der Waals surface area contributed by atoms with E-state index < -0.39 is 0 Å². The van der Waals surface area contributed by atoms with Gasteiger partial charge in [-0.25, -0.2) is 0 Å². The largest absolute Gasteiger partial charge is 0.352 e. The van der Waals surface area contributed by atoms with Crippen LogP contribution in [-0.4, -0.2) is 42.0 Å². The summed E-state index contributed by atoms with van der Waals surface area (Å²) in [4.78, 5) is 14.9. The fraction of sp³-hybridized carbons (Fsp3) is 0.933. The number of hydrogen-bond acceptors (Lipinski definition) is 3. The Morgan fingerprint density at radius 1 is 1.37 bits per heavy atom. The summed E-state index contributed by atoms with van der Waals surface area (Å²) in [6, 6.07) is 0.318. The number of carbonyl (C=O) groups excluding carboxylic acids is 1. The molecule has 0 aromatic rings. The highest BCUT2D eigenvalue weighted by atomic mass is 16.2. The molecule has 2 fully saturated rings. The number of hydrogen-bond donors (Lipinski definition) is 2. The monoisotopic (exact) mass is 267 g/mol. The second-order valence-corrected chi connectivity index (χ2v) is 6.55. The van der Waals surface area contributed by atoms with Gasteiger partial charge in [0.25, 0.3) is 0 Å². The average molecular weight is 267 g/mol. The van der Waals surface area contributed by atoms with E-state index in [1.807, 2.05) is 6.92 Å². The summed E-state index contributed by atoms with van der Waals surface area (Å²) in [6.45, 7) is 7.46. The Hall–Kier alpha value is -0.610. The molecule has 1 saturated carbocycles. The molecule has 1 saturated heterocycles. The van der Waals surface area contributed by atoms with Crippen LogP contribution in [0.2, 0.25) is 0 Å². The van der Waals surface area contributed by atoms with Gasteiger partial charge in [0.2, 0.25) is 5.91 Å². The van der Waals surface area contributed by atoms with Gasteiger partial charge in [0.1, 0.15) is 0 Å². The van der Waals surface area contributed by atoms with Gasteiger partial charge in [-0.1, -0.05) is 19.8 Å². The first kappa shape index (κ1) is 14.8. The zero-order valence-corrected chi connectivity index (χ0v) is 12.5. The SMILES string of the molecule is CCN1CCCC(NC(=O)C2CCCCC2(C)N)C1. The molecular formula is C15H29N3O. The van der Waals surface area contributed by atoms with Crippen molar-refractivity contribution in [3.05, 3.63) is 0 Å². The Morgan fingerprint density at radius 2 is 2.16 bits per heavy atom. The van der Waals surface area contributed by atoms with Crippen molar-refractivity contribution >= 4 is 5.91 Å². The molecule has 4 nitrogen and oxygen atoms in total. The number of nitrogens with two attached hydrogens (primary N) is 1. The molecule has 2 aliphatic rings. The minimum Gasteiger partial charge on any atom is -0.352 e. The Balaban J connectivity index is 1.89. The quantitative estimate of drug-likeness (QED) is 0.814. The lowest BCUT2D eigenvalue weighted by molar-refractivity contribution is -0.129. The van der Waals surface area contributed by atoms with Crippen molar-refractivity contribution in [2.45, 2.75) is 64.0 Å². The molecule has 3 N–H and O–H groups in total. The number of likely N-dealkylation sites (N-methyl/N-ethyl adjacent to an activating group) is 1. The van der Waals surface area contributed by atoms with E-state index >= 15 is 0 Å². The Bertz CT molecular complexity index is 317. The smallest absolute Gasteiger partial charge is 0.225 e. The molecule has 19 heavy (non-hydrogen) atoms. The predicted octanol–water partition coefficient (Wildman–Crippen LogP) is 1.49. The zero-order chi connectivity index (χ0) is 13.9. The van der Waals surface area contributed by atoms with E-state index in [0.717, 1.165) is 45.2 Å². The third kappa shape index (κ3) is 3.69. The minimum atomic E-state index is -0.318. The van der Waals surface area contributed by atoms with Crippen LogP contribution in [0, 0.1) is 5.92 Å².